The van der Waals surface area contributed by atoms with Gasteiger partial charge in [0.2, 0.25) is 17.7 Å². The Labute approximate surface area is 282 Å². The number of nitrogens with zero attached hydrogens (tertiary/aromatic N) is 3. The Morgan fingerprint density at radius 2 is 1.73 bits per heavy atom. The molecule has 2 aromatic rings. The molecule has 48 heavy (non-hydrogen) atoms. The van der Waals surface area contributed by atoms with Crippen molar-refractivity contribution in [3.63, 3.8) is 0 Å². The van der Waals surface area contributed by atoms with Crippen LogP contribution in [0, 0.1) is 11.3 Å². The van der Waals surface area contributed by atoms with Crippen molar-refractivity contribution in [3.8, 4) is 0 Å². The molecular weight excluding hydrogens is 612 g/mol. The molecule has 2 saturated heterocycles. The van der Waals surface area contributed by atoms with Gasteiger partial charge in [0.05, 0.1) is 23.0 Å². The summed E-state index contributed by atoms with van der Waals surface area (Å²) in [5.74, 6) is -2.54. The number of pyridine rings is 1. The van der Waals surface area contributed by atoms with E-state index in [0.29, 0.717) is 37.1 Å². The monoisotopic (exact) mass is 660 g/mol. The quantitative estimate of drug-likeness (QED) is 0.424. The molecule has 0 saturated carbocycles. The predicted octanol–water partition coefficient (Wildman–Crippen LogP) is 3.42. The van der Waals surface area contributed by atoms with E-state index in [4.69, 9.17) is 9.72 Å². The fourth-order valence-electron chi connectivity index (χ4n) is 6.25. The highest BCUT2D eigenvalue weighted by Crippen LogP contribution is 2.25. The number of piperidine rings is 1. The minimum absolute atomic E-state index is 0.231. The smallest absolute Gasteiger partial charge is 0.325 e. The Morgan fingerprint density at radius 3 is 2.46 bits per heavy atom. The first-order chi connectivity index (χ1) is 22.8. The summed E-state index contributed by atoms with van der Waals surface area (Å²) in [5, 5.41) is 7.91. The van der Waals surface area contributed by atoms with Crippen LogP contribution in [0.2, 0.25) is 0 Å². The summed E-state index contributed by atoms with van der Waals surface area (Å²) in [5.41, 5.74) is 4.11. The lowest BCUT2D eigenvalue weighted by Gasteiger charge is -2.36. The van der Waals surface area contributed by atoms with E-state index >= 15 is 0 Å². The molecule has 0 aliphatic carbocycles. The zero-order valence-electron chi connectivity index (χ0n) is 28.6. The van der Waals surface area contributed by atoms with Gasteiger partial charge in [-0.05, 0) is 76.5 Å². The number of likely N-dealkylation sites (tertiary alicyclic amines) is 1. The summed E-state index contributed by atoms with van der Waals surface area (Å²) in [6.45, 7) is 10.4. The minimum atomic E-state index is -1.21. The first-order valence-corrected chi connectivity index (χ1v) is 17.1. The standard InChI is InChI=1S/C36H48N6O6/c1-22(2)31-32(44)38-29(21-30(43)41-17-7-6-8-18-41)33(45)42-19-9-10-27(40-42)34(46)48-23(3)26-14-13-25-12-11-24(20-28(25)37-26)15-16-36(4,5)35(47)39-31/h11-16,20,22-23,27,29,31,40H,6-10,17-19,21H2,1-5H3,(H,38,44)(H,39,47)/t23-,27?,29+,31+/m1/s1. The number of hydrogen-bond acceptors (Lipinski definition) is 8. The van der Waals surface area contributed by atoms with Crippen molar-refractivity contribution in [2.45, 2.75) is 97.4 Å². The second-order valence-corrected chi connectivity index (χ2v) is 14.0. The van der Waals surface area contributed by atoms with E-state index in [1.54, 1.807) is 31.7 Å². The normalized spacial score (nSPS) is 25.9. The molecule has 3 aliphatic rings. The molecule has 1 aromatic carbocycles. The number of hydrazine groups is 1. The predicted molar refractivity (Wildman–Crippen MR) is 181 cm³/mol. The molecule has 4 amide bonds. The van der Waals surface area contributed by atoms with Crippen LogP contribution in [0.4, 0.5) is 0 Å². The van der Waals surface area contributed by atoms with Gasteiger partial charge in [-0.3, -0.25) is 29.0 Å². The molecule has 3 aliphatic heterocycles. The number of carbonyl (C=O) groups excluding carboxylic acids is 5. The summed E-state index contributed by atoms with van der Waals surface area (Å²) < 4.78 is 5.83. The lowest BCUT2D eigenvalue weighted by molar-refractivity contribution is -0.157. The van der Waals surface area contributed by atoms with Gasteiger partial charge in [0.25, 0.3) is 5.91 Å². The Kier molecular flexibility index (Phi) is 10.8. The number of amides is 4. The molecule has 12 heteroatoms. The summed E-state index contributed by atoms with van der Waals surface area (Å²) in [6.07, 6.45) is 6.47. The van der Waals surface area contributed by atoms with Crippen molar-refractivity contribution in [3.05, 3.63) is 47.7 Å². The summed E-state index contributed by atoms with van der Waals surface area (Å²) >= 11 is 0. The average Bonchev–Trinajstić information content (AvgIpc) is 3.08. The molecule has 0 radical (unpaired) electrons. The summed E-state index contributed by atoms with van der Waals surface area (Å²) in [6, 6.07) is 6.52. The van der Waals surface area contributed by atoms with Crippen LogP contribution in [-0.4, -0.2) is 82.3 Å². The SMILES string of the molecule is CC(C)[C@@H]1NC(=O)C(C)(C)C=Cc2ccc3ccc(nc3c2)[C@@H](C)OC(=O)C2CCCN(N2)C(=O)[C@H](CC(=O)N2CCCCC2)NC1=O. The van der Waals surface area contributed by atoms with Crippen molar-refractivity contribution in [1.82, 2.24) is 31.0 Å². The van der Waals surface area contributed by atoms with Gasteiger partial charge in [-0.2, -0.15) is 0 Å². The number of aromatic nitrogens is 1. The molecule has 4 heterocycles. The number of esters is 1. The second-order valence-electron chi connectivity index (χ2n) is 14.0. The Bertz CT molecular complexity index is 1580. The molecule has 2 fully saturated rings. The fraction of sp³-hybridized carbons (Fsp3) is 0.556. The first-order valence-electron chi connectivity index (χ1n) is 17.1. The average molecular weight is 661 g/mol. The maximum atomic E-state index is 14.0. The molecular formula is C36H48N6O6. The van der Waals surface area contributed by atoms with E-state index in [2.05, 4.69) is 16.1 Å². The van der Waals surface area contributed by atoms with Crippen molar-refractivity contribution >= 4 is 46.6 Å². The lowest BCUT2D eigenvalue weighted by atomic mass is 9.89. The maximum absolute atomic E-state index is 14.0. The number of carbonyl (C=O) groups is 5. The van der Waals surface area contributed by atoms with Crippen LogP contribution in [0.5, 0.6) is 0 Å². The van der Waals surface area contributed by atoms with Crippen LogP contribution in [0.25, 0.3) is 17.0 Å². The fourth-order valence-corrected chi connectivity index (χ4v) is 6.25. The summed E-state index contributed by atoms with van der Waals surface area (Å²) in [7, 11) is 0. The zero-order chi connectivity index (χ0) is 34.6. The van der Waals surface area contributed by atoms with Crippen LogP contribution < -0.4 is 16.1 Å². The van der Waals surface area contributed by atoms with E-state index in [9.17, 15) is 24.0 Å². The van der Waals surface area contributed by atoms with E-state index < -0.39 is 47.4 Å². The molecule has 5 bridgehead atoms. The highest BCUT2D eigenvalue weighted by Gasteiger charge is 2.38. The molecule has 0 spiro atoms. The third kappa shape index (κ3) is 8.21. The van der Waals surface area contributed by atoms with Gasteiger partial charge in [-0.15, -0.1) is 0 Å². The largest absolute Gasteiger partial charge is 0.455 e. The van der Waals surface area contributed by atoms with E-state index in [1.807, 2.05) is 50.3 Å². The first kappa shape index (κ1) is 35.0. The van der Waals surface area contributed by atoms with Gasteiger partial charge >= 0.3 is 5.97 Å². The lowest BCUT2D eigenvalue weighted by Crippen LogP contribution is -2.62. The van der Waals surface area contributed by atoms with Gasteiger partial charge in [0, 0.05) is 25.0 Å². The Balaban J connectivity index is 1.49. The molecule has 12 nitrogen and oxygen atoms in total. The highest BCUT2D eigenvalue weighted by atomic mass is 16.5. The van der Waals surface area contributed by atoms with E-state index in [0.717, 1.165) is 30.2 Å². The van der Waals surface area contributed by atoms with Gasteiger partial charge < -0.3 is 20.3 Å². The van der Waals surface area contributed by atoms with Crippen LogP contribution in [0.15, 0.2) is 36.4 Å². The zero-order valence-corrected chi connectivity index (χ0v) is 28.6. The maximum Gasteiger partial charge on any atom is 0.325 e. The summed E-state index contributed by atoms with van der Waals surface area (Å²) in [4.78, 5) is 74.7. The number of fused-ring (bicyclic) bond motifs is 4. The van der Waals surface area contributed by atoms with Crippen molar-refractivity contribution in [1.29, 1.82) is 0 Å². The minimum Gasteiger partial charge on any atom is -0.455 e. The highest BCUT2D eigenvalue weighted by molar-refractivity contribution is 5.96. The molecule has 1 unspecified atom stereocenters. The topological polar surface area (TPSA) is 150 Å². The van der Waals surface area contributed by atoms with E-state index in [-0.39, 0.29) is 30.7 Å². The number of rotatable bonds is 3. The van der Waals surface area contributed by atoms with Crippen molar-refractivity contribution in [2.24, 2.45) is 11.3 Å². The van der Waals surface area contributed by atoms with Gasteiger partial charge in [0.1, 0.15) is 24.2 Å². The third-order valence-corrected chi connectivity index (χ3v) is 9.40. The Hall–Kier alpha value is -4.32. The number of cyclic esters (lactones) is 1. The van der Waals surface area contributed by atoms with Gasteiger partial charge in [-0.1, -0.05) is 44.2 Å². The number of benzene rings is 1. The van der Waals surface area contributed by atoms with Crippen LogP contribution >= 0.6 is 0 Å². The van der Waals surface area contributed by atoms with E-state index in [1.165, 1.54) is 5.01 Å². The van der Waals surface area contributed by atoms with Crippen LogP contribution in [-0.2, 0) is 28.7 Å². The van der Waals surface area contributed by atoms with Crippen LogP contribution in [0.3, 0.4) is 0 Å². The number of ether oxygens (including phenoxy) is 1. The van der Waals surface area contributed by atoms with Gasteiger partial charge in [-0.25, -0.2) is 10.4 Å². The molecule has 3 N–H and O–H groups in total. The Morgan fingerprint density at radius 1 is 1.00 bits per heavy atom. The van der Waals surface area contributed by atoms with Crippen LogP contribution in [0.1, 0.15) is 90.5 Å². The van der Waals surface area contributed by atoms with Crippen molar-refractivity contribution in [2.75, 3.05) is 19.6 Å². The molecule has 258 valence electrons. The van der Waals surface area contributed by atoms with Gasteiger partial charge in [0.15, 0.2) is 0 Å². The van der Waals surface area contributed by atoms with Crippen molar-refractivity contribution < 1.29 is 28.7 Å². The number of hydrogen-bond donors (Lipinski definition) is 3. The molecule has 5 rings (SSSR count). The third-order valence-electron chi connectivity index (χ3n) is 9.40. The molecule has 4 atom stereocenters. The second kappa shape index (κ2) is 14.8. The molecule has 1 aromatic heterocycles. The number of nitrogens with one attached hydrogen (secondary N) is 3.